The Kier molecular flexibility index (Phi) is 4.16. The lowest BCUT2D eigenvalue weighted by atomic mass is 9.80. The molecule has 1 fully saturated rings. The van der Waals surface area contributed by atoms with Crippen molar-refractivity contribution >= 4 is 17.2 Å². The summed E-state index contributed by atoms with van der Waals surface area (Å²) in [5.41, 5.74) is 1.98. The molecule has 8 heteroatoms. The molecule has 126 valence electrons. The minimum Gasteiger partial charge on any atom is -0.492 e. The fraction of sp³-hybridized carbons (Fsp3) is 0.600. The SMILES string of the molecule is COc1c(C)nc2cc(C3CCC(C(F)(F)F)CC3)nn2c1Cl. The minimum atomic E-state index is -4.10. The Hall–Kier alpha value is -1.50. The van der Waals surface area contributed by atoms with Crippen LogP contribution in [0.2, 0.25) is 5.15 Å². The van der Waals surface area contributed by atoms with Crippen molar-refractivity contribution in [2.24, 2.45) is 5.92 Å². The van der Waals surface area contributed by atoms with Crippen LogP contribution >= 0.6 is 11.6 Å². The van der Waals surface area contributed by atoms with Gasteiger partial charge in [-0.2, -0.15) is 22.8 Å². The quantitative estimate of drug-likeness (QED) is 0.749. The van der Waals surface area contributed by atoms with Gasteiger partial charge in [0.1, 0.15) is 0 Å². The van der Waals surface area contributed by atoms with Crippen molar-refractivity contribution in [2.75, 3.05) is 7.11 Å². The van der Waals surface area contributed by atoms with Gasteiger partial charge in [-0.05, 0) is 32.6 Å². The number of hydrogen-bond donors (Lipinski definition) is 0. The zero-order chi connectivity index (χ0) is 16.8. The summed E-state index contributed by atoms with van der Waals surface area (Å²) in [4.78, 5) is 4.39. The average molecular weight is 348 g/mol. The fourth-order valence-electron chi connectivity index (χ4n) is 3.23. The highest BCUT2D eigenvalue weighted by atomic mass is 35.5. The molecular formula is C15H17ClF3N3O. The molecule has 4 nitrogen and oxygen atoms in total. The van der Waals surface area contributed by atoms with Crippen molar-refractivity contribution in [3.63, 3.8) is 0 Å². The summed E-state index contributed by atoms with van der Waals surface area (Å²) in [7, 11) is 1.50. The summed E-state index contributed by atoms with van der Waals surface area (Å²) in [5.74, 6) is -0.730. The Morgan fingerprint density at radius 1 is 1.26 bits per heavy atom. The second kappa shape index (κ2) is 5.85. The number of ether oxygens (including phenoxy) is 1. The van der Waals surface area contributed by atoms with E-state index in [0.717, 1.165) is 5.69 Å². The summed E-state index contributed by atoms with van der Waals surface area (Å²) in [6.07, 6.45) is -2.86. The van der Waals surface area contributed by atoms with Crippen LogP contribution in [0.3, 0.4) is 0 Å². The molecule has 2 aromatic heterocycles. The van der Waals surface area contributed by atoms with Gasteiger partial charge in [0.25, 0.3) is 0 Å². The molecule has 0 radical (unpaired) electrons. The Morgan fingerprint density at radius 2 is 1.91 bits per heavy atom. The Balaban J connectivity index is 1.86. The van der Waals surface area contributed by atoms with Crippen LogP contribution in [0, 0.1) is 12.8 Å². The van der Waals surface area contributed by atoms with Gasteiger partial charge in [0.05, 0.1) is 24.4 Å². The van der Waals surface area contributed by atoms with Gasteiger partial charge in [0.2, 0.25) is 0 Å². The number of nitrogens with zero attached hydrogens (tertiary/aromatic N) is 3. The van der Waals surface area contributed by atoms with Crippen molar-refractivity contribution in [3.05, 3.63) is 22.6 Å². The third-order valence-electron chi connectivity index (χ3n) is 4.51. The summed E-state index contributed by atoms with van der Waals surface area (Å²) in [5, 5.41) is 4.76. The molecule has 0 unspecified atom stereocenters. The van der Waals surface area contributed by atoms with Crippen molar-refractivity contribution in [1.29, 1.82) is 0 Å². The molecule has 1 saturated carbocycles. The smallest absolute Gasteiger partial charge is 0.391 e. The van der Waals surface area contributed by atoms with E-state index >= 15 is 0 Å². The van der Waals surface area contributed by atoms with E-state index < -0.39 is 12.1 Å². The van der Waals surface area contributed by atoms with E-state index in [1.165, 1.54) is 11.6 Å². The molecule has 0 aromatic carbocycles. The topological polar surface area (TPSA) is 39.4 Å². The lowest BCUT2D eigenvalue weighted by Gasteiger charge is -2.28. The predicted molar refractivity (Wildman–Crippen MR) is 80.0 cm³/mol. The molecule has 0 spiro atoms. The van der Waals surface area contributed by atoms with E-state index in [-0.39, 0.29) is 18.8 Å². The molecule has 1 aliphatic rings. The Morgan fingerprint density at radius 3 is 2.48 bits per heavy atom. The number of methoxy groups -OCH3 is 1. The van der Waals surface area contributed by atoms with Crippen LogP contribution in [0.15, 0.2) is 6.07 Å². The van der Waals surface area contributed by atoms with Gasteiger partial charge < -0.3 is 4.74 Å². The second-order valence-electron chi connectivity index (χ2n) is 5.95. The maximum Gasteiger partial charge on any atom is 0.391 e. The third-order valence-corrected chi connectivity index (χ3v) is 4.84. The van der Waals surface area contributed by atoms with Crippen molar-refractivity contribution in [2.45, 2.75) is 44.7 Å². The molecule has 0 amide bonds. The predicted octanol–water partition coefficient (Wildman–Crippen LogP) is 4.54. The normalized spacial score (nSPS) is 22.5. The van der Waals surface area contributed by atoms with Crippen molar-refractivity contribution in [1.82, 2.24) is 14.6 Å². The van der Waals surface area contributed by atoms with E-state index in [0.29, 0.717) is 35.1 Å². The summed E-state index contributed by atoms with van der Waals surface area (Å²) < 4.78 is 45.0. The van der Waals surface area contributed by atoms with Gasteiger partial charge in [0.15, 0.2) is 16.5 Å². The van der Waals surface area contributed by atoms with Crippen LogP contribution in [0.25, 0.3) is 5.65 Å². The molecule has 0 saturated heterocycles. The van der Waals surface area contributed by atoms with Crippen molar-refractivity contribution in [3.8, 4) is 5.75 Å². The third kappa shape index (κ3) is 2.98. The molecule has 2 heterocycles. The molecule has 3 rings (SSSR count). The molecule has 0 bridgehead atoms. The first-order chi connectivity index (χ1) is 10.8. The number of aryl methyl sites for hydroxylation is 1. The minimum absolute atomic E-state index is 0.0117. The monoisotopic (exact) mass is 347 g/mol. The first-order valence-electron chi connectivity index (χ1n) is 7.47. The molecule has 23 heavy (non-hydrogen) atoms. The molecule has 0 aliphatic heterocycles. The molecular weight excluding hydrogens is 331 g/mol. The molecule has 1 aliphatic carbocycles. The summed E-state index contributed by atoms with van der Waals surface area (Å²) >= 11 is 6.27. The number of rotatable bonds is 2. The standard InChI is InChI=1S/C15H17ClF3N3O/c1-8-13(23-2)14(16)22-12(20-8)7-11(21-22)9-3-5-10(6-4-9)15(17,18)19/h7,9-10H,3-6H2,1-2H3. The Bertz CT molecular complexity index is 721. The molecule has 2 aromatic rings. The van der Waals surface area contributed by atoms with Crippen LogP contribution in [0.1, 0.15) is 43.0 Å². The molecule has 0 N–H and O–H groups in total. The largest absolute Gasteiger partial charge is 0.492 e. The highest BCUT2D eigenvalue weighted by molar-refractivity contribution is 6.31. The zero-order valence-electron chi connectivity index (χ0n) is 12.8. The summed E-state index contributed by atoms with van der Waals surface area (Å²) in [6.45, 7) is 1.78. The van der Waals surface area contributed by atoms with E-state index in [1.807, 2.05) is 0 Å². The van der Waals surface area contributed by atoms with Gasteiger partial charge in [-0.25, -0.2) is 4.98 Å². The Labute approximate surface area is 136 Å². The average Bonchev–Trinajstić information content (AvgIpc) is 2.91. The number of halogens is 4. The number of aromatic nitrogens is 3. The highest BCUT2D eigenvalue weighted by Gasteiger charge is 2.41. The molecule has 0 atom stereocenters. The van der Waals surface area contributed by atoms with Crippen LogP contribution < -0.4 is 4.74 Å². The van der Waals surface area contributed by atoms with E-state index in [4.69, 9.17) is 16.3 Å². The number of alkyl halides is 3. The second-order valence-corrected chi connectivity index (χ2v) is 6.31. The van der Waals surface area contributed by atoms with Crippen LogP contribution in [-0.2, 0) is 0 Å². The lowest BCUT2D eigenvalue weighted by molar-refractivity contribution is -0.182. The first-order valence-corrected chi connectivity index (χ1v) is 7.85. The van der Waals surface area contributed by atoms with Gasteiger partial charge in [-0.15, -0.1) is 0 Å². The summed E-state index contributed by atoms with van der Waals surface area (Å²) in [6, 6.07) is 1.80. The lowest BCUT2D eigenvalue weighted by Crippen LogP contribution is -2.27. The number of hydrogen-bond acceptors (Lipinski definition) is 3. The first kappa shape index (κ1) is 16.4. The van der Waals surface area contributed by atoms with Gasteiger partial charge in [-0.1, -0.05) is 11.6 Å². The number of fused-ring (bicyclic) bond motifs is 1. The highest BCUT2D eigenvalue weighted by Crippen LogP contribution is 2.43. The maximum absolute atomic E-state index is 12.8. The van der Waals surface area contributed by atoms with E-state index in [1.54, 1.807) is 13.0 Å². The fourth-order valence-corrected chi connectivity index (χ4v) is 3.57. The zero-order valence-corrected chi connectivity index (χ0v) is 13.6. The van der Waals surface area contributed by atoms with Crippen LogP contribution in [-0.4, -0.2) is 27.9 Å². The van der Waals surface area contributed by atoms with Crippen LogP contribution in [0.5, 0.6) is 5.75 Å². The van der Waals surface area contributed by atoms with E-state index in [9.17, 15) is 13.2 Å². The van der Waals surface area contributed by atoms with Gasteiger partial charge in [-0.3, -0.25) is 0 Å². The van der Waals surface area contributed by atoms with Crippen molar-refractivity contribution < 1.29 is 17.9 Å². The van der Waals surface area contributed by atoms with E-state index in [2.05, 4.69) is 10.1 Å². The van der Waals surface area contributed by atoms with Gasteiger partial charge >= 0.3 is 6.18 Å². The van der Waals surface area contributed by atoms with Gasteiger partial charge in [0, 0.05) is 12.0 Å². The maximum atomic E-state index is 12.8. The van der Waals surface area contributed by atoms with Crippen LogP contribution in [0.4, 0.5) is 13.2 Å².